The number of fused-ring (bicyclic) bond motifs is 1. The SMILES string of the molecule is Cc1nc2ncnn2c(N(C)C)c1Cc1ccc([S-](=O)=NCCO)cc1. The molecule has 0 radical (unpaired) electrons. The van der Waals surface area contributed by atoms with E-state index in [1.807, 2.05) is 38.1 Å². The van der Waals surface area contributed by atoms with Crippen molar-refractivity contribution in [3.05, 3.63) is 47.4 Å². The maximum atomic E-state index is 12.0. The molecule has 26 heavy (non-hydrogen) atoms. The molecule has 1 aromatic carbocycles. The van der Waals surface area contributed by atoms with Gasteiger partial charge in [-0.05, 0) is 12.5 Å². The Morgan fingerprint density at radius 3 is 2.65 bits per heavy atom. The van der Waals surface area contributed by atoms with Gasteiger partial charge < -0.3 is 18.6 Å². The van der Waals surface area contributed by atoms with Gasteiger partial charge in [0.15, 0.2) is 0 Å². The van der Waals surface area contributed by atoms with Gasteiger partial charge in [0.25, 0.3) is 5.78 Å². The van der Waals surface area contributed by atoms with Gasteiger partial charge in [0.05, 0.1) is 6.61 Å². The number of anilines is 1. The van der Waals surface area contributed by atoms with Crippen LogP contribution < -0.4 is 4.90 Å². The van der Waals surface area contributed by atoms with Crippen LogP contribution in [0.5, 0.6) is 0 Å². The fourth-order valence-electron chi connectivity index (χ4n) is 2.76. The molecule has 0 aliphatic carbocycles. The highest BCUT2D eigenvalue weighted by molar-refractivity contribution is 7.74. The van der Waals surface area contributed by atoms with Crippen LogP contribution in [0.2, 0.25) is 0 Å². The molecule has 1 N–H and O–H groups in total. The van der Waals surface area contributed by atoms with Crippen molar-refractivity contribution in [1.29, 1.82) is 0 Å². The van der Waals surface area contributed by atoms with Gasteiger partial charge in [-0.1, -0.05) is 29.2 Å². The van der Waals surface area contributed by atoms with E-state index >= 15 is 0 Å². The summed E-state index contributed by atoms with van der Waals surface area (Å²) in [5.41, 5.74) is 3.03. The largest absolute Gasteiger partial charge is 0.440 e. The zero-order valence-corrected chi connectivity index (χ0v) is 15.8. The first-order chi connectivity index (χ1) is 12.5. The molecule has 138 valence electrons. The first-order valence-electron chi connectivity index (χ1n) is 8.17. The van der Waals surface area contributed by atoms with Crippen LogP contribution in [0.4, 0.5) is 5.82 Å². The first-order valence-corrected chi connectivity index (χ1v) is 9.27. The van der Waals surface area contributed by atoms with Crippen LogP contribution >= 0.6 is 0 Å². The van der Waals surface area contributed by atoms with E-state index in [-0.39, 0.29) is 13.2 Å². The molecule has 0 fully saturated rings. The van der Waals surface area contributed by atoms with Crippen LogP contribution in [0, 0.1) is 6.92 Å². The predicted molar refractivity (Wildman–Crippen MR) is 99.8 cm³/mol. The van der Waals surface area contributed by atoms with Crippen molar-refractivity contribution in [2.75, 3.05) is 32.1 Å². The number of hydrogen-bond donors (Lipinski definition) is 1. The van der Waals surface area contributed by atoms with Gasteiger partial charge in [-0.3, -0.25) is 0 Å². The average molecular weight is 373 g/mol. The van der Waals surface area contributed by atoms with E-state index in [4.69, 9.17) is 5.11 Å². The van der Waals surface area contributed by atoms with Crippen molar-refractivity contribution in [2.24, 2.45) is 4.36 Å². The molecule has 0 spiro atoms. The predicted octanol–water partition coefficient (Wildman–Crippen LogP) is 1.59. The molecule has 0 saturated heterocycles. The van der Waals surface area contributed by atoms with E-state index in [9.17, 15) is 4.21 Å². The van der Waals surface area contributed by atoms with Crippen molar-refractivity contribution in [2.45, 2.75) is 18.2 Å². The Bertz CT molecular complexity index is 990. The van der Waals surface area contributed by atoms with Gasteiger partial charge in [0, 0.05) is 38.3 Å². The second kappa shape index (κ2) is 7.79. The number of nitrogens with zero attached hydrogens (tertiary/aromatic N) is 6. The summed E-state index contributed by atoms with van der Waals surface area (Å²) in [6, 6.07) is 7.48. The van der Waals surface area contributed by atoms with Crippen LogP contribution in [0.25, 0.3) is 5.78 Å². The highest BCUT2D eigenvalue weighted by Gasteiger charge is 2.16. The quantitative estimate of drug-likeness (QED) is 0.659. The summed E-state index contributed by atoms with van der Waals surface area (Å²) in [4.78, 5) is 11.3. The summed E-state index contributed by atoms with van der Waals surface area (Å²) >= 11 is 0. The van der Waals surface area contributed by atoms with Gasteiger partial charge in [0.1, 0.15) is 12.1 Å². The summed E-state index contributed by atoms with van der Waals surface area (Å²) in [5.74, 6) is 1.52. The molecular weight excluding hydrogens is 352 g/mol. The molecular formula is C17H21N6O2S-. The second-order valence-electron chi connectivity index (χ2n) is 6.01. The standard InChI is InChI=1S/C17H21N6O2S/c1-12-15(16(22(2)3)23-17(21-12)18-11-19-23)10-13-4-6-14(7-5-13)26(25)20-8-9-24/h4-7,11,24H,8-10H2,1-3H3/q-1. The van der Waals surface area contributed by atoms with E-state index in [0.717, 1.165) is 22.6 Å². The van der Waals surface area contributed by atoms with Crippen LogP contribution in [-0.4, -0.2) is 51.9 Å². The Morgan fingerprint density at radius 2 is 2.00 bits per heavy atom. The fourth-order valence-corrected chi connectivity index (χ4v) is 3.53. The van der Waals surface area contributed by atoms with Crippen LogP contribution in [-0.2, 0) is 21.2 Å². The lowest BCUT2D eigenvalue weighted by atomic mass is 10.0. The van der Waals surface area contributed by atoms with E-state index < -0.39 is 10.6 Å². The Labute approximate surface area is 153 Å². The second-order valence-corrected chi connectivity index (χ2v) is 7.24. The molecule has 0 bridgehead atoms. The number of aliphatic hydroxyl groups excluding tert-OH is 1. The molecule has 0 aliphatic heterocycles. The zero-order valence-electron chi connectivity index (χ0n) is 15.0. The summed E-state index contributed by atoms with van der Waals surface area (Å²) in [7, 11) is 2.49. The van der Waals surface area contributed by atoms with E-state index in [1.165, 1.54) is 6.33 Å². The number of hydrogen-bond acceptors (Lipinski definition) is 8. The Hall–Kier alpha value is -2.52. The lowest BCUT2D eigenvalue weighted by Gasteiger charge is -2.20. The lowest BCUT2D eigenvalue weighted by molar-refractivity contribution is 0.307. The molecule has 0 amide bonds. The number of benzene rings is 1. The smallest absolute Gasteiger partial charge is 0.254 e. The zero-order chi connectivity index (χ0) is 18.7. The fraction of sp³-hybridized carbons (Fsp3) is 0.353. The normalized spacial score (nSPS) is 12.6. The van der Waals surface area contributed by atoms with E-state index in [1.54, 1.807) is 16.6 Å². The molecule has 0 atom stereocenters. The highest BCUT2D eigenvalue weighted by atomic mass is 32.2. The third kappa shape index (κ3) is 3.68. The number of aryl methyl sites for hydroxylation is 1. The third-order valence-electron chi connectivity index (χ3n) is 3.94. The lowest BCUT2D eigenvalue weighted by Crippen LogP contribution is -2.18. The Kier molecular flexibility index (Phi) is 5.48. The van der Waals surface area contributed by atoms with Gasteiger partial charge in [-0.25, -0.2) is 4.98 Å². The molecule has 2 heterocycles. The summed E-state index contributed by atoms with van der Waals surface area (Å²) in [6.45, 7) is 2.03. The molecule has 0 unspecified atom stereocenters. The summed E-state index contributed by atoms with van der Waals surface area (Å²) < 4.78 is 17.6. The topological polar surface area (TPSA) is 96.0 Å². The maximum absolute atomic E-state index is 12.0. The summed E-state index contributed by atoms with van der Waals surface area (Å²) in [6.07, 6.45) is 2.17. The van der Waals surface area contributed by atoms with Crippen molar-refractivity contribution < 1.29 is 9.32 Å². The van der Waals surface area contributed by atoms with Gasteiger partial charge in [-0.15, -0.1) is 0 Å². The van der Waals surface area contributed by atoms with Crippen molar-refractivity contribution in [3.8, 4) is 0 Å². The third-order valence-corrected chi connectivity index (χ3v) is 5.04. The van der Waals surface area contributed by atoms with Crippen LogP contribution in [0.3, 0.4) is 0 Å². The number of rotatable bonds is 6. The van der Waals surface area contributed by atoms with Gasteiger partial charge >= 0.3 is 0 Å². The minimum Gasteiger partial charge on any atom is -0.440 e. The highest BCUT2D eigenvalue weighted by Crippen LogP contribution is 2.24. The monoisotopic (exact) mass is 373 g/mol. The maximum Gasteiger partial charge on any atom is 0.254 e. The molecule has 0 aliphatic rings. The van der Waals surface area contributed by atoms with Crippen LogP contribution in [0.1, 0.15) is 16.8 Å². The van der Waals surface area contributed by atoms with Gasteiger partial charge in [-0.2, -0.15) is 25.2 Å². The Balaban J connectivity index is 1.95. The minimum atomic E-state index is -1.45. The number of aromatic nitrogens is 4. The van der Waals surface area contributed by atoms with Crippen molar-refractivity contribution >= 4 is 22.2 Å². The van der Waals surface area contributed by atoms with Gasteiger partial charge in [0.2, 0.25) is 0 Å². The van der Waals surface area contributed by atoms with E-state index in [0.29, 0.717) is 17.1 Å². The molecule has 3 rings (SSSR count). The van der Waals surface area contributed by atoms with Crippen molar-refractivity contribution in [1.82, 2.24) is 19.6 Å². The number of aliphatic hydroxyl groups is 1. The molecule has 8 nitrogen and oxygen atoms in total. The average Bonchev–Trinajstić information content (AvgIpc) is 3.08. The summed E-state index contributed by atoms with van der Waals surface area (Å²) in [5, 5.41) is 13.1. The molecule has 0 saturated carbocycles. The van der Waals surface area contributed by atoms with E-state index in [2.05, 4.69) is 19.4 Å². The minimum absolute atomic E-state index is 0.103. The molecule has 9 heteroatoms. The Morgan fingerprint density at radius 1 is 1.27 bits per heavy atom. The first kappa shape index (κ1) is 18.3. The van der Waals surface area contributed by atoms with Crippen molar-refractivity contribution in [3.63, 3.8) is 0 Å². The molecule has 2 aromatic heterocycles. The van der Waals surface area contributed by atoms with Crippen LogP contribution in [0.15, 0.2) is 39.9 Å². The molecule has 3 aromatic rings.